The molecule has 0 aromatic heterocycles. The zero-order valence-electron chi connectivity index (χ0n) is 11.4. The summed E-state index contributed by atoms with van der Waals surface area (Å²) in [6.45, 7) is 2.07. The van der Waals surface area contributed by atoms with Gasteiger partial charge in [0.2, 0.25) is 0 Å². The van der Waals surface area contributed by atoms with E-state index in [4.69, 9.17) is 5.11 Å². The minimum absolute atomic E-state index is 0.0571. The Bertz CT molecular complexity index is 299. The molecule has 1 aliphatic rings. The Labute approximate surface area is 108 Å². The van der Waals surface area contributed by atoms with E-state index in [0.29, 0.717) is 12.6 Å². The second kappa shape index (κ2) is 6.58. The number of carboxylic acids is 1. The molecule has 1 rings (SSSR count). The molecule has 0 aliphatic carbocycles. The fraction of sp³-hybridized carbons (Fsp3) is 0.833. The molecular formula is C12H23N3O3. The molecule has 104 valence electrons. The molecule has 0 radical (unpaired) electrons. The summed E-state index contributed by atoms with van der Waals surface area (Å²) >= 11 is 0. The molecular weight excluding hydrogens is 234 g/mol. The third-order valence-corrected chi connectivity index (χ3v) is 3.42. The Morgan fingerprint density at radius 1 is 1.22 bits per heavy atom. The van der Waals surface area contributed by atoms with Gasteiger partial charge in [0.05, 0.1) is 6.42 Å². The summed E-state index contributed by atoms with van der Waals surface area (Å²) in [6.07, 6.45) is 2.00. The van der Waals surface area contributed by atoms with E-state index in [-0.39, 0.29) is 12.5 Å². The molecule has 1 fully saturated rings. The Morgan fingerprint density at radius 3 is 2.22 bits per heavy atom. The van der Waals surface area contributed by atoms with Crippen molar-refractivity contribution in [3.63, 3.8) is 0 Å². The first-order valence-electron chi connectivity index (χ1n) is 6.30. The van der Waals surface area contributed by atoms with Crippen molar-refractivity contribution in [3.8, 4) is 0 Å². The first-order valence-corrected chi connectivity index (χ1v) is 6.30. The average molecular weight is 257 g/mol. The SMILES string of the molecule is CN(C)C(=O)N1CCC(N(C)CCC(=O)O)CC1. The standard InChI is InChI=1S/C12H23N3O3/c1-13(2)12(18)15-8-4-10(5-9-15)14(3)7-6-11(16)17/h10H,4-9H2,1-3H3,(H,16,17). The quantitative estimate of drug-likeness (QED) is 0.798. The van der Waals surface area contributed by atoms with Crippen molar-refractivity contribution in [2.24, 2.45) is 0 Å². The molecule has 6 heteroatoms. The van der Waals surface area contributed by atoms with Gasteiger partial charge >= 0.3 is 12.0 Å². The smallest absolute Gasteiger partial charge is 0.319 e. The van der Waals surface area contributed by atoms with Gasteiger partial charge in [-0.25, -0.2) is 4.79 Å². The monoisotopic (exact) mass is 257 g/mol. The summed E-state index contributed by atoms with van der Waals surface area (Å²) in [4.78, 5) is 27.8. The predicted molar refractivity (Wildman–Crippen MR) is 68.6 cm³/mol. The molecule has 1 heterocycles. The third kappa shape index (κ3) is 4.18. The molecule has 0 bridgehead atoms. The van der Waals surface area contributed by atoms with E-state index in [2.05, 4.69) is 4.90 Å². The molecule has 1 aliphatic heterocycles. The van der Waals surface area contributed by atoms with Gasteiger partial charge in [0.1, 0.15) is 0 Å². The summed E-state index contributed by atoms with van der Waals surface area (Å²) in [7, 11) is 5.47. The molecule has 0 aromatic carbocycles. The van der Waals surface area contributed by atoms with Crippen molar-refractivity contribution in [2.75, 3.05) is 40.8 Å². The number of rotatable bonds is 4. The lowest BCUT2D eigenvalue weighted by molar-refractivity contribution is -0.137. The summed E-state index contributed by atoms with van der Waals surface area (Å²) in [5.41, 5.74) is 0. The Hall–Kier alpha value is -1.30. The minimum atomic E-state index is -0.762. The van der Waals surface area contributed by atoms with Crippen LogP contribution in [0.4, 0.5) is 4.79 Å². The van der Waals surface area contributed by atoms with Crippen molar-refractivity contribution < 1.29 is 14.7 Å². The van der Waals surface area contributed by atoms with Crippen molar-refractivity contribution in [1.29, 1.82) is 0 Å². The number of carbonyl (C=O) groups excluding carboxylic acids is 1. The van der Waals surface area contributed by atoms with Crippen LogP contribution in [0.5, 0.6) is 0 Å². The van der Waals surface area contributed by atoms with Crippen molar-refractivity contribution >= 4 is 12.0 Å². The van der Waals surface area contributed by atoms with Crippen LogP contribution in [-0.2, 0) is 4.79 Å². The molecule has 0 aromatic rings. The molecule has 1 N–H and O–H groups in total. The van der Waals surface area contributed by atoms with Gasteiger partial charge in [0.25, 0.3) is 0 Å². The Kier molecular flexibility index (Phi) is 5.40. The number of nitrogens with zero attached hydrogens (tertiary/aromatic N) is 3. The van der Waals surface area contributed by atoms with Crippen LogP contribution in [0.2, 0.25) is 0 Å². The van der Waals surface area contributed by atoms with Crippen molar-refractivity contribution in [1.82, 2.24) is 14.7 Å². The molecule has 0 atom stereocenters. The van der Waals surface area contributed by atoms with Gasteiger partial charge in [-0.1, -0.05) is 0 Å². The van der Waals surface area contributed by atoms with Gasteiger partial charge in [-0.05, 0) is 19.9 Å². The molecule has 18 heavy (non-hydrogen) atoms. The minimum Gasteiger partial charge on any atom is -0.481 e. The van der Waals surface area contributed by atoms with Crippen LogP contribution in [0.1, 0.15) is 19.3 Å². The van der Waals surface area contributed by atoms with Gasteiger partial charge < -0.3 is 19.8 Å². The zero-order valence-corrected chi connectivity index (χ0v) is 11.4. The Morgan fingerprint density at radius 2 is 1.78 bits per heavy atom. The van der Waals surface area contributed by atoms with Crippen LogP contribution in [0.25, 0.3) is 0 Å². The number of likely N-dealkylation sites (tertiary alicyclic amines) is 1. The highest BCUT2D eigenvalue weighted by Crippen LogP contribution is 2.16. The number of amides is 2. The number of piperidine rings is 1. The maximum Gasteiger partial charge on any atom is 0.319 e. The van der Waals surface area contributed by atoms with Gasteiger partial charge in [0, 0.05) is 39.8 Å². The molecule has 0 saturated carbocycles. The maximum atomic E-state index is 11.7. The summed E-state index contributed by atoms with van der Waals surface area (Å²) < 4.78 is 0. The van der Waals surface area contributed by atoms with Gasteiger partial charge in [0.15, 0.2) is 0 Å². The fourth-order valence-electron chi connectivity index (χ4n) is 2.24. The lowest BCUT2D eigenvalue weighted by Gasteiger charge is -2.37. The molecule has 0 unspecified atom stereocenters. The summed E-state index contributed by atoms with van der Waals surface area (Å²) in [6, 6.07) is 0.442. The van der Waals surface area contributed by atoms with Gasteiger partial charge in [-0.2, -0.15) is 0 Å². The van der Waals surface area contributed by atoms with E-state index in [1.807, 2.05) is 11.9 Å². The highest BCUT2D eigenvalue weighted by Gasteiger charge is 2.25. The number of carbonyl (C=O) groups is 2. The van der Waals surface area contributed by atoms with E-state index < -0.39 is 5.97 Å². The summed E-state index contributed by atoms with van der Waals surface area (Å²) in [5.74, 6) is -0.762. The first kappa shape index (κ1) is 14.8. The number of aliphatic carboxylic acids is 1. The normalized spacial score (nSPS) is 17.0. The van der Waals surface area contributed by atoms with Gasteiger partial charge in [-0.15, -0.1) is 0 Å². The largest absolute Gasteiger partial charge is 0.481 e. The maximum absolute atomic E-state index is 11.7. The second-order valence-corrected chi connectivity index (χ2v) is 5.02. The number of urea groups is 1. The fourth-order valence-corrected chi connectivity index (χ4v) is 2.24. The third-order valence-electron chi connectivity index (χ3n) is 3.42. The van der Waals surface area contributed by atoms with Crippen LogP contribution < -0.4 is 0 Å². The average Bonchev–Trinajstić information content (AvgIpc) is 2.35. The zero-order chi connectivity index (χ0) is 13.7. The van der Waals surface area contributed by atoms with Crippen LogP contribution in [0.15, 0.2) is 0 Å². The van der Waals surface area contributed by atoms with Gasteiger partial charge in [-0.3, -0.25) is 4.79 Å². The van der Waals surface area contributed by atoms with Crippen molar-refractivity contribution in [2.45, 2.75) is 25.3 Å². The van der Waals surface area contributed by atoms with Crippen LogP contribution in [0, 0.1) is 0 Å². The topological polar surface area (TPSA) is 64.1 Å². The van der Waals surface area contributed by atoms with E-state index in [1.54, 1.807) is 19.0 Å². The van der Waals surface area contributed by atoms with E-state index in [0.717, 1.165) is 25.9 Å². The van der Waals surface area contributed by atoms with E-state index >= 15 is 0 Å². The predicted octanol–water partition coefficient (Wildman–Crippen LogP) is 0.539. The molecule has 2 amide bonds. The first-order chi connectivity index (χ1) is 8.41. The highest BCUT2D eigenvalue weighted by molar-refractivity contribution is 5.73. The second-order valence-electron chi connectivity index (χ2n) is 5.02. The highest BCUT2D eigenvalue weighted by atomic mass is 16.4. The van der Waals surface area contributed by atoms with E-state index in [1.165, 1.54) is 0 Å². The molecule has 6 nitrogen and oxygen atoms in total. The Balaban J connectivity index is 2.34. The lowest BCUT2D eigenvalue weighted by Crippen LogP contribution is -2.48. The van der Waals surface area contributed by atoms with Crippen LogP contribution in [-0.4, -0.2) is 78.6 Å². The van der Waals surface area contributed by atoms with Crippen molar-refractivity contribution in [3.05, 3.63) is 0 Å². The number of carboxylic acid groups (broad SMARTS) is 1. The number of hydrogen-bond acceptors (Lipinski definition) is 3. The summed E-state index contributed by atoms with van der Waals surface area (Å²) in [5, 5.41) is 8.65. The molecule has 1 saturated heterocycles. The lowest BCUT2D eigenvalue weighted by atomic mass is 10.0. The molecule has 0 spiro atoms. The van der Waals surface area contributed by atoms with E-state index in [9.17, 15) is 9.59 Å². The van der Waals surface area contributed by atoms with Crippen LogP contribution in [0.3, 0.4) is 0 Å². The number of hydrogen-bond donors (Lipinski definition) is 1. The van der Waals surface area contributed by atoms with Crippen LogP contribution >= 0.6 is 0 Å².